The lowest BCUT2D eigenvalue weighted by Gasteiger charge is -2.16. The maximum absolute atomic E-state index is 2.37. The first-order chi connectivity index (χ1) is 7.95. The highest BCUT2D eigenvalue weighted by Gasteiger charge is 2.11. The second kappa shape index (κ2) is 4.13. The van der Waals surface area contributed by atoms with Crippen LogP contribution >= 0.6 is 0 Å². The highest BCUT2D eigenvalue weighted by molar-refractivity contribution is 5.72. The fourth-order valence-electron chi connectivity index (χ4n) is 2.47. The van der Waals surface area contributed by atoms with E-state index < -0.39 is 0 Å². The van der Waals surface area contributed by atoms with Gasteiger partial charge >= 0.3 is 0 Å². The molecule has 1 aliphatic rings. The molecule has 0 unspecified atom stereocenters. The minimum Gasteiger partial charge on any atom is -0.0620 e. The zero-order valence-corrected chi connectivity index (χ0v) is 9.32. The summed E-state index contributed by atoms with van der Waals surface area (Å²) in [5, 5.41) is 0. The van der Waals surface area contributed by atoms with Gasteiger partial charge in [-0.1, -0.05) is 48.5 Å². The van der Waals surface area contributed by atoms with E-state index >= 15 is 0 Å². The van der Waals surface area contributed by atoms with Crippen molar-refractivity contribution in [2.24, 2.45) is 0 Å². The third kappa shape index (κ3) is 1.65. The van der Waals surface area contributed by atoms with Crippen molar-refractivity contribution in [2.75, 3.05) is 0 Å². The molecule has 0 spiro atoms. The summed E-state index contributed by atoms with van der Waals surface area (Å²) in [6.45, 7) is 0. The highest BCUT2D eigenvalue weighted by atomic mass is 14.2. The van der Waals surface area contributed by atoms with Crippen LogP contribution in [0.2, 0.25) is 0 Å². The van der Waals surface area contributed by atoms with E-state index in [0.717, 1.165) is 0 Å². The lowest BCUT2D eigenvalue weighted by atomic mass is 9.88. The van der Waals surface area contributed by atoms with Gasteiger partial charge in [0.1, 0.15) is 0 Å². The number of hydrogen-bond donors (Lipinski definition) is 0. The van der Waals surface area contributed by atoms with Crippen LogP contribution in [0, 0.1) is 6.42 Å². The molecule has 0 saturated heterocycles. The second-order valence-corrected chi connectivity index (χ2v) is 4.34. The molecule has 0 N–H and O–H groups in total. The van der Waals surface area contributed by atoms with E-state index in [-0.39, 0.29) is 0 Å². The minimum atomic E-state index is 1.19. The van der Waals surface area contributed by atoms with Gasteiger partial charge in [-0.15, -0.1) is 0 Å². The van der Waals surface area contributed by atoms with Gasteiger partial charge in [0.25, 0.3) is 0 Å². The topological polar surface area (TPSA) is 0 Å². The predicted molar refractivity (Wildman–Crippen MR) is 68.2 cm³/mol. The molecule has 0 fully saturated rings. The van der Waals surface area contributed by atoms with Crippen molar-refractivity contribution >= 4 is 0 Å². The van der Waals surface area contributed by atoms with Crippen LogP contribution in [-0.4, -0.2) is 0 Å². The average Bonchev–Trinajstić information content (AvgIpc) is 2.33. The van der Waals surface area contributed by atoms with Gasteiger partial charge in [-0.05, 0) is 47.9 Å². The molecular weight excluding hydrogens is 192 g/mol. The summed E-state index contributed by atoms with van der Waals surface area (Å²) in [5.41, 5.74) is 5.67. The minimum absolute atomic E-state index is 1.19. The summed E-state index contributed by atoms with van der Waals surface area (Å²) in [4.78, 5) is 0. The Morgan fingerprint density at radius 3 is 2.44 bits per heavy atom. The number of hydrogen-bond acceptors (Lipinski definition) is 0. The first kappa shape index (κ1) is 9.65. The van der Waals surface area contributed by atoms with E-state index in [9.17, 15) is 0 Å². The molecule has 0 bridgehead atoms. The smallest absolute Gasteiger partial charge is 0.00866 e. The summed E-state index contributed by atoms with van der Waals surface area (Å²) in [6, 6.07) is 17.5. The van der Waals surface area contributed by atoms with Gasteiger partial charge in [0.05, 0.1) is 0 Å². The molecular formula is C16H15. The molecule has 0 heteroatoms. The van der Waals surface area contributed by atoms with Gasteiger partial charge in [0, 0.05) is 0 Å². The molecule has 2 aromatic carbocycles. The summed E-state index contributed by atoms with van der Waals surface area (Å²) < 4.78 is 0. The van der Waals surface area contributed by atoms with Crippen LogP contribution in [0.1, 0.15) is 24.0 Å². The summed E-state index contributed by atoms with van der Waals surface area (Å²) in [5.74, 6) is 0. The van der Waals surface area contributed by atoms with Gasteiger partial charge in [-0.2, -0.15) is 0 Å². The van der Waals surface area contributed by atoms with Gasteiger partial charge in [0.15, 0.2) is 0 Å². The molecule has 2 aromatic rings. The molecule has 0 aliphatic heterocycles. The van der Waals surface area contributed by atoms with E-state index in [1.54, 1.807) is 0 Å². The fourth-order valence-corrected chi connectivity index (χ4v) is 2.47. The molecule has 0 aromatic heterocycles. The molecule has 79 valence electrons. The Labute approximate surface area is 96.9 Å². The lowest BCUT2D eigenvalue weighted by molar-refractivity contribution is 0.811. The Kier molecular flexibility index (Phi) is 2.49. The van der Waals surface area contributed by atoms with Crippen molar-refractivity contribution < 1.29 is 0 Å². The molecule has 0 amide bonds. The number of fused-ring (bicyclic) bond motifs is 3. The zero-order valence-electron chi connectivity index (χ0n) is 9.32. The van der Waals surface area contributed by atoms with Crippen molar-refractivity contribution in [2.45, 2.75) is 19.3 Å². The van der Waals surface area contributed by atoms with Crippen molar-refractivity contribution in [3.63, 3.8) is 0 Å². The fraction of sp³-hybridized carbons (Fsp3) is 0.188. The molecule has 0 saturated carbocycles. The van der Waals surface area contributed by atoms with Crippen LogP contribution in [-0.2, 0) is 6.42 Å². The number of aryl methyl sites for hydroxylation is 1. The van der Waals surface area contributed by atoms with Crippen LogP contribution in [0.25, 0.3) is 11.1 Å². The predicted octanol–water partition coefficient (Wildman–Crippen LogP) is 4.24. The monoisotopic (exact) mass is 207 g/mol. The van der Waals surface area contributed by atoms with Crippen LogP contribution < -0.4 is 0 Å². The maximum Gasteiger partial charge on any atom is -0.00866 e. The third-order valence-electron chi connectivity index (χ3n) is 3.28. The first-order valence-electron chi connectivity index (χ1n) is 5.96. The second-order valence-electron chi connectivity index (χ2n) is 4.34. The van der Waals surface area contributed by atoms with E-state index in [2.05, 4.69) is 55.0 Å². The molecule has 0 nitrogen and oxygen atoms in total. The molecule has 16 heavy (non-hydrogen) atoms. The third-order valence-corrected chi connectivity index (χ3v) is 3.28. The van der Waals surface area contributed by atoms with Crippen LogP contribution in [0.15, 0.2) is 48.5 Å². The summed E-state index contributed by atoms with van der Waals surface area (Å²) in [7, 11) is 0. The Morgan fingerprint density at radius 1 is 0.750 bits per heavy atom. The van der Waals surface area contributed by atoms with Gasteiger partial charge in [-0.25, -0.2) is 0 Å². The van der Waals surface area contributed by atoms with Crippen molar-refractivity contribution in [1.82, 2.24) is 0 Å². The Balaban J connectivity index is 2.22. The Morgan fingerprint density at radius 2 is 1.50 bits per heavy atom. The van der Waals surface area contributed by atoms with Crippen LogP contribution in [0.3, 0.4) is 0 Å². The lowest BCUT2D eigenvalue weighted by Crippen LogP contribution is -1.98. The van der Waals surface area contributed by atoms with Crippen LogP contribution in [0.5, 0.6) is 0 Å². The zero-order chi connectivity index (χ0) is 10.8. The molecule has 0 heterocycles. The van der Waals surface area contributed by atoms with Gasteiger partial charge < -0.3 is 0 Å². The molecule has 3 rings (SSSR count). The van der Waals surface area contributed by atoms with E-state index in [0.29, 0.717) is 0 Å². The average molecular weight is 207 g/mol. The van der Waals surface area contributed by atoms with Crippen molar-refractivity contribution in [1.29, 1.82) is 0 Å². The molecule has 1 radical (unpaired) electrons. The van der Waals surface area contributed by atoms with Gasteiger partial charge in [-0.3, -0.25) is 0 Å². The maximum atomic E-state index is 2.37. The van der Waals surface area contributed by atoms with E-state index in [4.69, 9.17) is 0 Å². The highest BCUT2D eigenvalue weighted by Crippen LogP contribution is 2.31. The Bertz CT molecular complexity index is 449. The largest absolute Gasteiger partial charge is 0.0620 e. The summed E-state index contributed by atoms with van der Waals surface area (Å²) >= 11 is 0. The number of benzene rings is 2. The van der Waals surface area contributed by atoms with Crippen LogP contribution in [0.4, 0.5) is 0 Å². The van der Waals surface area contributed by atoms with Gasteiger partial charge in [0.2, 0.25) is 0 Å². The Hall–Kier alpha value is -1.56. The number of rotatable bonds is 0. The molecule has 1 aliphatic carbocycles. The summed E-state index contributed by atoms with van der Waals surface area (Å²) in [6.07, 6.45) is 6.00. The quantitative estimate of drug-likeness (QED) is 0.606. The SMILES string of the molecule is [CH]1CCCc2ccccc2-c2ccccc21. The van der Waals surface area contributed by atoms with Crippen molar-refractivity contribution in [3.8, 4) is 11.1 Å². The van der Waals surface area contributed by atoms with Crippen molar-refractivity contribution in [3.05, 3.63) is 66.1 Å². The first-order valence-corrected chi connectivity index (χ1v) is 5.96. The standard InChI is InChI=1S/C16H15/c1-2-8-14-10-4-6-12-16(14)15-11-5-3-9-13(15)7-1/h3-7,9-12H,1-2,8H2. The molecule has 0 atom stereocenters. The van der Waals surface area contributed by atoms with E-state index in [1.807, 2.05) is 0 Å². The van der Waals surface area contributed by atoms with E-state index in [1.165, 1.54) is 41.5 Å². The normalized spacial score (nSPS) is 14.5.